The molecule has 2 aliphatic rings. The van der Waals surface area contributed by atoms with Crippen LogP contribution in [-0.4, -0.2) is 28.3 Å². The number of amides is 2. The van der Waals surface area contributed by atoms with E-state index >= 15 is 0 Å². The van der Waals surface area contributed by atoms with E-state index in [2.05, 4.69) is 9.97 Å². The number of carbonyl (C=O) groups excluding carboxylic acids is 2. The van der Waals surface area contributed by atoms with Crippen LogP contribution < -0.4 is 4.90 Å². The van der Waals surface area contributed by atoms with Crippen molar-refractivity contribution in [1.82, 2.24) is 9.97 Å². The number of hydrogen-bond acceptors (Lipinski definition) is 4. The molecule has 1 aromatic heterocycles. The molecule has 0 spiro atoms. The van der Waals surface area contributed by atoms with Gasteiger partial charge in [-0.25, -0.2) is 14.5 Å². The summed E-state index contributed by atoms with van der Waals surface area (Å²) in [5.41, 5.74) is 3.89. The number of nitrogens with one attached hydrogen (secondary N) is 1. The maximum atomic E-state index is 12.4. The van der Waals surface area contributed by atoms with Crippen LogP contribution in [0.4, 0.5) is 0 Å². The third-order valence-corrected chi connectivity index (χ3v) is 4.50. The fourth-order valence-corrected chi connectivity index (χ4v) is 3.55. The molecule has 1 aromatic carbocycles. The molecule has 2 heterocycles. The van der Waals surface area contributed by atoms with Crippen LogP contribution in [-0.2, 0) is 9.59 Å². The Hall–Kier alpha value is -2.14. The van der Waals surface area contributed by atoms with Crippen molar-refractivity contribution in [2.45, 2.75) is 25.2 Å². The van der Waals surface area contributed by atoms with Crippen molar-refractivity contribution >= 4 is 22.8 Å². The van der Waals surface area contributed by atoms with Gasteiger partial charge in [0.1, 0.15) is 5.92 Å². The molecule has 1 N–H and O–H groups in total. The molecule has 20 heavy (non-hydrogen) atoms. The monoisotopic (exact) mass is 268 g/mol. The first-order valence-corrected chi connectivity index (χ1v) is 6.80. The van der Waals surface area contributed by atoms with Gasteiger partial charge >= 0.3 is 11.8 Å². The molecule has 0 saturated carbocycles. The van der Waals surface area contributed by atoms with E-state index in [0.29, 0.717) is 11.4 Å². The fraction of sp³-hybridized carbons (Fsp3) is 0.333. The SMILES string of the molecule is CC(=O)[NH+]1C[C@@H]2C[C@H](C1=O)c1cc3nccnc3cc12. The summed E-state index contributed by atoms with van der Waals surface area (Å²) in [5, 5.41) is 0. The molecule has 100 valence electrons. The second-order valence-electron chi connectivity index (χ2n) is 5.61. The smallest absolute Gasteiger partial charge is 0.253 e. The zero-order chi connectivity index (χ0) is 13.9. The molecule has 2 aromatic rings. The molecule has 0 radical (unpaired) electrons. The minimum absolute atomic E-state index is 0.00994. The number of quaternary nitrogens is 1. The van der Waals surface area contributed by atoms with E-state index < -0.39 is 0 Å². The summed E-state index contributed by atoms with van der Waals surface area (Å²) in [4.78, 5) is 33.2. The van der Waals surface area contributed by atoms with Gasteiger partial charge in [0.05, 0.1) is 24.5 Å². The van der Waals surface area contributed by atoms with Crippen molar-refractivity contribution in [2.75, 3.05) is 6.54 Å². The largest absolute Gasteiger partial charge is 0.326 e. The number of imide groups is 1. The summed E-state index contributed by atoms with van der Waals surface area (Å²) in [6, 6.07) is 4.02. The highest BCUT2D eigenvalue weighted by molar-refractivity contribution is 5.89. The van der Waals surface area contributed by atoms with E-state index in [1.807, 2.05) is 12.1 Å². The van der Waals surface area contributed by atoms with Crippen molar-refractivity contribution < 1.29 is 14.5 Å². The van der Waals surface area contributed by atoms with E-state index in [1.165, 1.54) is 12.5 Å². The number of piperidine rings is 1. The molecule has 4 rings (SSSR count). The molecule has 2 amide bonds. The van der Waals surface area contributed by atoms with E-state index in [4.69, 9.17) is 0 Å². The minimum Gasteiger partial charge on any atom is -0.253 e. The number of likely N-dealkylation sites (tertiary alicyclic amines) is 1. The Bertz CT molecular complexity index is 756. The Kier molecular flexibility index (Phi) is 2.29. The van der Waals surface area contributed by atoms with E-state index in [9.17, 15) is 9.59 Å². The van der Waals surface area contributed by atoms with Crippen molar-refractivity contribution in [3.8, 4) is 0 Å². The minimum atomic E-state index is -0.158. The van der Waals surface area contributed by atoms with Gasteiger partial charge in [0.2, 0.25) is 0 Å². The van der Waals surface area contributed by atoms with Crippen LogP contribution in [0.3, 0.4) is 0 Å². The predicted octanol–water partition coefficient (Wildman–Crippen LogP) is 0.172. The highest BCUT2D eigenvalue weighted by Gasteiger charge is 2.48. The molecule has 2 bridgehead atoms. The van der Waals surface area contributed by atoms with Crippen LogP contribution in [0, 0.1) is 0 Å². The fourth-order valence-electron chi connectivity index (χ4n) is 3.55. The van der Waals surface area contributed by atoms with Gasteiger partial charge in [0, 0.05) is 18.3 Å². The van der Waals surface area contributed by atoms with Crippen LogP contribution in [0.5, 0.6) is 0 Å². The zero-order valence-electron chi connectivity index (χ0n) is 11.1. The van der Waals surface area contributed by atoms with Crippen LogP contribution in [0.25, 0.3) is 11.0 Å². The maximum Gasteiger partial charge on any atom is 0.326 e. The highest BCUT2D eigenvalue weighted by Crippen LogP contribution is 2.43. The molecule has 1 saturated heterocycles. The predicted molar refractivity (Wildman–Crippen MR) is 71.2 cm³/mol. The standard InChI is InChI=1S/C15H13N3O2/c1-8(19)18-7-9-4-12(15(18)20)11-6-14-13(5-10(9)11)16-2-3-17-14/h2-3,5-6,9,12H,4,7H2,1H3/p+1/t9-,12-/m0/s1. The van der Waals surface area contributed by atoms with E-state index in [0.717, 1.165) is 23.0 Å². The van der Waals surface area contributed by atoms with Gasteiger partial charge in [0.15, 0.2) is 0 Å². The molecule has 5 nitrogen and oxygen atoms in total. The van der Waals surface area contributed by atoms with Gasteiger partial charge in [0.25, 0.3) is 0 Å². The number of nitrogens with zero attached hydrogens (tertiary/aromatic N) is 2. The number of fused-ring (bicyclic) bond motifs is 6. The lowest BCUT2D eigenvalue weighted by Crippen LogP contribution is -3.18. The van der Waals surface area contributed by atoms with E-state index in [1.54, 1.807) is 12.4 Å². The Labute approximate surface area is 115 Å². The Morgan fingerprint density at radius 3 is 2.50 bits per heavy atom. The van der Waals surface area contributed by atoms with Crippen molar-refractivity contribution in [2.24, 2.45) is 0 Å². The summed E-state index contributed by atoms with van der Waals surface area (Å²) in [6.45, 7) is 2.06. The number of rotatable bonds is 0. The number of hydrogen-bond donors (Lipinski definition) is 1. The third-order valence-electron chi connectivity index (χ3n) is 4.50. The molecule has 1 unspecified atom stereocenters. The first-order valence-electron chi connectivity index (χ1n) is 6.80. The summed E-state index contributed by atoms with van der Waals surface area (Å²) in [6.07, 6.45) is 4.15. The van der Waals surface area contributed by atoms with Crippen molar-refractivity contribution in [1.29, 1.82) is 0 Å². The summed E-state index contributed by atoms with van der Waals surface area (Å²) < 4.78 is 0. The number of carbonyl (C=O) groups is 2. The van der Waals surface area contributed by atoms with Crippen LogP contribution >= 0.6 is 0 Å². The Morgan fingerprint density at radius 1 is 1.20 bits per heavy atom. The number of aromatic nitrogens is 2. The van der Waals surface area contributed by atoms with Gasteiger partial charge in [-0.05, 0) is 29.7 Å². The average Bonchev–Trinajstić information content (AvgIpc) is 2.74. The first kappa shape index (κ1) is 11.7. The molecular formula is C15H14N3O2+. The van der Waals surface area contributed by atoms with Gasteiger partial charge in [-0.1, -0.05) is 0 Å². The maximum absolute atomic E-state index is 12.4. The lowest BCUT2D eigenvalue weighted by molar-refractivity contribution is -0.744. The quantitative estimate of drug-likeness (QED) is 0.740. The normalized spacial score (nSPS) is 27.6. The van der Waals surface area contributed by atoms with E-state index in [-0.39, 0.29) is 23.7 Å². The van der Waals surface area contributed by atoms with Gasteiger partial charge in [-0.2, -0.15) is 0 Å². The summed E-state index contributed by atoms with van der Waals surface area (Å²) >= 11 is 0. The van der Waals surface area contributed by atoms with Crippen LogP contribution in [0.15, 0.2) is 24.5 Å². The summed E-state index contributed by atoms with van der Waals surface area (Å²) in [7, 11) is 0. The molecule has 1 aliphatic carbocycles. The molecule has 3 atom stereocenters. The highest BCUT2D eigenvalue weighted by atomic mass is 16.2. The Balaban J connectivity index is 1.90. The van der Waals surface area contributed by atoms with Crippen LogP contribution in [0.1, 0.15) is 36.3 Å². The second kappa shape index (κ2) is 3.93. The number of benzene rings is 1. The second-order valence-corrected chi connectivity index (χ2v) is 5.61. The van der Waals surface area contributed by atoms with Gasteiger partial charge < -0.3 is 0 Å². The lowest BCUT2D eigenvalue weighted by atomic mass is 9.95. The van der Waals surface area contributed by atoms with Gasteiger partial charge in [-0.15, -0.1) is 0 Å². The molecule has 1 aliphatic heterocycles. The van der Waals surface area contributed by atoms with Crippen molar-refractivity contribution in [3.63, 3.8) is 0 Å². The molecule has 1 fully saturated rings. The topological polar surface area (TPSA) is 64.4 Å². The Morgan fingerprint density at radius 2 is 1.85 bits per heavy atom. The summed E-state index contributed by atoms with van der Waals surface area (Å²) in [5.74, 6) is 0.0427. The van der Waals surface area contributed by atoms with Crippen molar-refractivity contribution in [3.05, 3.63) is 35.7 Å². The third kappa shape index (κ3) is 1.47. The molecular weight excluding hydrogens is 254 g/mol. The average molecular weight is 268 g/mol. The van der Waals surface area contributed by atoms with Gasteiger partial charge in [-0.3, -0.25) is 9.97 Å². The molecule has 5 heteroatoms. The first-order chi connectivity index (χ1) is 9.65. The zero-order valence-corrected chi connectivity index (χ0v) is 11.1. The lowest BCUT2D eigenvalue weighted by Gasteiger charge is -2.23. The van der Waals surface area contributed by atoms with Crippen LogP contribution in [0.2, 0.25) is 0 Å².